The minimum absolute atomic E-state index is 0.169. The summed E-state index contributed by atoms with van der Waals surface area (Å²) in [5.41, 5.74) is 0. The molecule has 82 valence electrons. The molecular weight excluding hydrogens is 284 g/mol. The summed E-state index contributed by atoms with van der Waals surface area (Å²) in [5.74, 6) is 0.546. The number of hydrogen-bond donors (Lipinski definition) is 1. The van der Waals surface area contributed by atoms with Gasteiger partial charge in [0.05, 0.1) is 6.10 Å². The van der Waals surface area contributed by atoms with Crippen molar-refractivity contribution in [2.24, 2.45) is 5.14 Å². The number of halogens is 1. The van der Waals surface area contributed by atoms with Gasteiger partial charge in [0, 0.05) is 0 Å². The molecule has 0 aliphatic heterocycles. The fraction of sp³-hybridized carbons (Fsp3) is 0.375. The van der Waals surface area contributed by atoms with Gasteiger partial charge in [0.2, 0.25) is 0 Å². The smallest absolute Gasteiger partial charge is 0.255 e. The summed E-state index contributed by atoms with van der Waals surface area (Å²) < 4.78 is 27.8. The van der Waals surface area contributed by atoms with Gasteiger partial charge in [-0.2, -0.15) is 0 Å². The first kappa shape index (κ1) is 10.8. The first-order valence-corrected chi connectivity index (χ1v) is 6.67. The molecule has 0 bridgehead atoms. The average molecular weight is 293 g/mol. The first-order chi connectivity index (χ1) is 6.97. The Kier molecular flexibility index (Phi) is 2.70. The molecule has 1 heterocycles. The molecule has 15 heavy (non-hydrogen) atoms. The molecule has 0 radical (unpaired) electrons. The van der Waals surface area contributed by atoms with Crippen molar-refractivity contribution in [2.75, 3.05) is 0 Å². The molecule has 1 aromatic rings. The van der Waals surface area contributed by atoms with Gasteiger partial charge in [-0.25, -0.2) is 18.5 Å². The second kappa shape index (κ2) is 3.73. The van der Waals surface area contributed by atoms with Gasteiger partial charge < -0.3 is 4.74 Å². The van der Waals surface area contributed by atoms with Crippen LogP contribution in [0.2, 0.25) is 0 Å². The summed E-state index contributed by atoms with van der Waals surface area (Å²) in [7, 11) is -3.75. The van der Waals surface area contributed by atoms with Crippen LogP contribution in [0.5, 0.6) is 5.75 Å². The monoisotopic (exact) mass is 292 g/mol. The highest BCUT2D eigenvalue weighted by Crippen LogP contribution is 2.31. The highest BCUT2D eigenvalue weighted by Gasteiger charge is 2.25. The average Bonchev–Trinajstić information content (AvgIpc) is 2.90. The molecule has 0 aromatic carbocycles. The molecule has 0 saturated heterocycles. The van der Waals surface area contributed by atoms with Gasteiger partial charge in [-0.15, -0.1) is 0 Å². The number of sulfonamides is 1. The molecule has 0 unspecified atom stereocenters. The number of pyridine rings is 1. The number of aromatic nitrogens is 1. The standard InChI is InChI=1S/C8H9BrN2O3S/c9-8-6(14-5-1-2-5)3-4-7(11-8)15(10,12)13/h3-5H,1-2H2,(H2,10,12,13). The van der Waals surface area contributed by atoms with E-state index in [1.165, 1.54) is 6.07 Å². The maximum atomic E-state index is 11.0. The third-order valence-corrected chi connectivity index (χ3v) is 3.28. The molecule has 2 rings (SSSR count). The highest BCUT2D eigenvalue weighted by molar-refractivity contribution is 9.10. The van der Waals surface area contributed by atoms with E-state index in [1.54, 1.807) is 6.07 Å². The van der Waals surface area contributed by atoms with Gasteiger partial charge >= 0.3 is 0 Å². The maximum absolute atomic E-state index is 11.0. The van der Waals surface area contributed by atoms with Crippen molar-refractivity contribution in [3.05, 3.63) is 16.7 Å². The largest absolute Gasteiger partial charge is 0.488 e. The van der Waals surface area contributed by atoms with Crippen molar-refractivity contribution in [1.82, 2.24) is 4.98 Å². The van der Waals surface area contributed by atoms with E-state index in [0.29, 0.717) is 10.4 Å². The summed E-state index contributed by atoms with van der Waals surface area (Å²) in [6, 6.07) is 2.88. The molecule has 1 aliphatic rings. The third-order valence-electron chi connectivity index (χ3n) is 1.90. The molecule has 0 atom stereocenters. The van der Waals surface area contributed by atoms with Crippen molar-refractivity contribution in [2.45, 2.75) is 24.0 Å². The van der Waals surface area contributed by atoms with Gasteiger partial charge in [-0.05, 0) is 40.9 Å². The first-order valence-electron chi connectivity index (χ1n) is 4.33. The normalized spacial score (nSPS) is 16.4. The van der Waals surface area contributed by atoms with E-state index in [2.05, 4.69) is 20.9 Å². The topological polar surface area (TPSA) is 82.3 Å². The third kappa shape index (κ3) is 2.67. The van der Waals surface area contributed by atoms with E-state index < -0.39 is 10.0 Å². The van der Waals surface area contributed by atoms with E-state index in [9.17, 15) is 8.42 Å². The number of ether oxygens (including phenoxy) is 1. The zero-order chi connectivity index (χ0) is 11.1. The molecule has 5 nitrogen and oxygen atoms in total. The molecule has 1 aliphatic carbocycles. The predicted octanol–water partition coefficient (Wildman–Crippen LogP) is 1.03. The number of rotatable bonds is 3. The van der Waals surface area contributed by atoms with Crippen LogP contribution in [-0.4, -0.2) is 19.5 Å². The van der Waals surface area contributed by atoms with Crippen LogP contribution in [0, 0.1) is 0 Å². The van der Waals surface area contributed by atoms with Gasteiger partial charge in [-0.3, -0.25) is 0 Å². The highest BCUT2D eigenvalue weighted by atomic mass is 79.9. The lowest BCUT2D eigenvalue weighted by Gasteiger charge is -2.06. The second-order valence-electron chi connectivity index (χ2n) is 3.30. The Morgan fingerprint density at radius 2 is 2.13 bits per heavy atom. The Morgan fingerprint density at radius 1 is 1.47 bits per heavy atom. The summed E-state index contributed by atoms with van der Waals surface area (Å²) in [6.45, 7) is 0. The number of primary sulfonamides is 1. The minimum atomic E-state index is -3.75. The van der Waals surface area contributed by atoms with Crippen molar-refractivity contribution < 1.29 is 13.2 Å². The summed E-state index contributed by atoms with van der Waals surface area (Å²) in [5, 5.41) is 4.77. The van der Waals surface area contributed by atoms with Crippen LogP contribution >= 0.6 is 15.9 Å². The predicted molar refractivity (Wildman–Crippen MR) is 57.0 cm³/mol. The fourth-order valence-electron chi connectivity index (χ4n) is 1.02. The van der Waals surface area contributed by atoms with E-state index in [0.717, 1.165) is 12.8 Å². The Morgan fingerprint density at radius 3 is 2.60 bits per heavy atom. The molecule has 1 saturated carbocycles. The van der Waals surface area contributed by atoms with Gasteiger partial charge in [-0.1, -0.05) is 0 Å². The quantitative estimate of drug-likeness (QED) is 0.844. The fourth-order valence-corrected chi connectivity index (χ4v) is 2.03. The van der Waals surface area contributed by atoms with Crippen molar-refractivity contribution in [1.29, 1.82) is 0 Å². The molecule has 0 amide bonds. The van der Waals surface area contributed by atoms with Crippen LogP contribution in [0.4, 0.5) is 0 Å². The Balaban J connectivity index is 2.29. The molecule has 2 N–H and O–H groups in total. The second-order valence-corrected chi connectivity index (χ2v) is 5.56. The van der Waals surface area contributed by atoms with Crippen LogP contribution < -0.4 is 9.88 Å². The number of nitrogens with zero attached hydrogens (tertiary/aromatic N) is 1. The molecule has 1 fully saturated rings. The number of nitrogens with two attached hydrogens (primary N) is 1. The van der Waals surface area contributed by atoms with Gasteiger partial charge in [0.1, 0.15) is 4.60 Å². The molecule has 0 spiro atoms. The van der Waals surface area contributed by atoms with Crippen molar-refractivity contribution >= 4 is 26.0 Å². The molecule has 1 aromatic heterocycles. The Labute approximate surface area is 95.8 Å². The summed E-state index contributed by atoms with van der Waals surface area (Å²) in [4.78, 5) is 3.80. The summed E-state index contributed by atoms with van der Waals surface area (Å²) >= 11 is 3.14. The van der Waals surface area contributed by atoms with E-state index in [4.69, 9.17) is 9.88 Å². The van der Waals surface area contributed by atoms with Crippen molar-refractivity contribution in [3.8, 4) is 5.75 Å². The van der Waals surface area contributed by atoms with Crippen LogP contribution in [0.3, 0.4) is 0 Å². The zero-order valence-corrected chi connectivity index (χ0v) is 10.1. The lowest BCUT2D eigenvalue weighted by atomic mass is 10.5. The lowest BCUT2D eigenvalue weighted by molar-refractivity contribution is 0.299. The van der Waals surface area contributed by atoms with Gasteiger partial charge in [0.15, 0.2) is 10.8 Å². The van der Waals surface area contributed by atoms with Crippen LogP contribution in [0.25, 0.3) is 0 Å². The SMILES string of the molecule is NS(=O)(=O)c1ccc(OC2CC2)c(Br)n1. The minimum Gasteiger partial charge on any atom is -0.488 e. The zero-order valence-electron chi connectivity index (χ0n) is 7.68. The number of hydrogen-bond acceptors (Lipinski definition) is 4. The molecular formula is C8H9BrN2O3S. The lowest BCUT2D eigenvalue weighted by Crippen LogP contribution is -2.14. The van der Waals surface area contributed by atoms with Gasteiger partial charge in [0.25, 0.3) is 10.0 Å². The van der Waals surface area contributed by atoms with Crippen LogP contribution in [0.15, 0.2) is 21.8 Å². The van der Waals surface area contributed by atoms with E-state index in [-0.39, 0.29) is 11.1 Å². The van der Waals surface area contributed by atoms with E-state index in [1.807, 2.05) is 0 Å². The Hall–Kier alpha value is -0.660. The van der Waals surface area contributed by atoms with Crippen molar-refractivity contribution in [3.63, 3.8) is 0 Å². The Bertz CT molecular complexity index is 485. The van der Waals surface area contributed by atoms with Crippen LogP contribution in [0.1, 0.15) is 12.8 Å². The van der Waals surface area contributed by atoms with E-state index >= 15 is 0 Å². The molecule has 7 heteroatoms. The summed E-state index contributed by atoms with van der Waals surface area (Å²) in [6.07, 6.45) is 2.30. The maximum Gasteiger partial charge on any atom is 0.255 e. The van der Waals surface area contributed by atoms with Crippen LogP contribution in [-0.2, 0) is 10.0 Å².